The highest BCUT2D eigenvalue weighted by Crippen LogP contribution is 2.34. The highest BCUT2D eigenvalue weighted by atomic mass is 16.3. The van der Waals surface area contributed by atoms with Gasteiger partial charge in [-0.2, -0.15) is 0 Å². The molecule has 1 saturated carbocycles. The van der Waals surface area contributed by atoms with Gasteiger partial charge in [-0.15, -0.1) is 0 Å². The van der Waals surface area contributed by atoms with E-state index in [9.17, 15) is 14.7 Å². The van der Waals surface area contributed by atoms with Crippen molar-refractivity contribution in [2.75, 3.05) is 18.4 Å². The zero-order chi connectivity index (χ0) is 17.1. The van der Waals surface area contributed by atoms with Crippen molar-refractivity contribution in [3.05, 3.63) is 23.8 Å². The number of hydrogen-bond donors (Lipinski definition) is 2. The average Bonchev–Trinajstić information content (AvgIpc) is 3.12. The molecule has 1 saturated heterocycles. The number of hydrogen-bond acceptors (Lipinski definition) is 3. The number of carbonyl (C=O) groups is 2. The minimum Gasteiger partial charge on any atom is -0.506 e. The summed E-state index contributed by atoms with van der Waals surface area (Å²) in [6, 6.07) is 5.14. The molecule has 1 heterocycles. The lowest BCUT2D eigenvalue weighted by Gasteiger charge is -2.32. The van der Waals surface area contributed by atoms with Crippen LogP contribution in [0.25, 0.3) is 0 Å². The molecule has 0 radical (unpaired) electrons. The molecule has 0 aromatic heterocycles. The molecule has 1 aromatic rings. The lowest BCUT2D eigenvalue weighted by Crippen LogP contribution is -2.42. The van der Waals surface area contributed by atoms with Crippen molar-refractivity contribution in [1.29, 1.82) is 0 Å². The Balaban J connectivity index is 1.73. The first-order valence-corrected chi connectivity index (χ1v) is 8.95. The Morgan fingerprint density at radius 1 is 1.08 bits per heavy atom. The molecule has 2 aliphatic rings. The fourth-order valence-corrected chi connectivity index (χ4v) is 3.89. The summed E-state index contributed by atoms with van der Waals surface area (Å²) in [6.07, 6.45) is 5.63. The van der Waals surface area contributed by atoms with Gasteiger partial charge in [0.15, 0.2) is 0 Å². The van der Waals surface area contributed by atoms with Crippen molar-refractivity contribution in [2.24, 2.45) is 11.8 Å². The Hall–Kier alpha value is -2.04. The van der Waals surface area contributed by atoms with E-state index in [1.165, 1.54) is 0 Å². The van der Waals surface area contributed by atoms with E-state index < -0.39 is 0 Å². The Morgan fingerprint density at radius 2 is 1.75 bits per heavy atom. The molecule has 2 fully saturated rings. The largest absolute Gasteiger partial charge is 0.506 e. The quantitative estimate of drug-likeness (QED) is 0.837. The molecule has 24 heavy (non-hydrogen) atoms. The van der Waals surface area contributed by atoms with E-state index in [4.69, 9.17) is 0 Å². The molecular weight excluding hydrogens is 304 g/mol. The molecule has 5 nitrogen and oxygen atoms in total. The molecule has 0 unspecified atom stereocenters. The van der Waals surface area contributed by atoms with Crippen LogP contribution in [0.2, 0.25) is 0 Å². The van der Waals surface area contributed by atoms with Gasteiger partial charge < -0.3 is 15.3 Å². The van der Waals surface area contributed by atoms with Crippen molar-refractivity contribution < 1.29 is 14.7 Å². The molecule has 1 aliphatic heterocycles. The Bertz CT molecular complexity index is 623. The second-order valence-corrected chi connectivity index (χ2v) is 7.04. The zero-order valence-electron chi connectivity index (χ0n) is 14.3. The zero-order valence-corrected chi connectivity index (χ0v) is 14.3. The summed E-state index contributed by atoms with van der Waals surface area (Å²) in [7, 11) is 0. The second kappa shape index (κ2) is 7.24. The number of benzene rings is 1. The van der Waals surface area contributed by atoms with Gasteiger partial charge in [-0.1, -0.05) is 18.9 Å². The van der Waals surface area contributed by atoms with Gasteiger partial charge in [-0.05, 0) is 50.3 Å². The number of nitrogens with zero attached hydrogens (tertiary/aromatic N) is 1. The monoisotopic (exact) mass is 330 g/mol. The predicted octanol–water partition coefficient (Wildman–Crippen LogP) is 3.07. The lowest BCUT2D eigenvalue weighted by molar-refractivity contribution is -0.141. The van der Waals surface area contributed by atoms with Crippen LogP contribution < -0.4 is 5.32 Å². The van der Waals surface area contributed by atoms with Crippen molar-refractivity contribution in [3.8, 4) is 5.75 Å². The summed E-state index contributed by atoms with van der Waals surface area (Å²) in [5, 5.41) is 12.8. The van der Waals surface area contributed by atoms with Gasteiger partial charge in [0.2, 0.25) is 11.8 Å². The van der Waals surface area contributed by atoms with Crippen LogP contribution in [0.3, 0.4) is 0 Å². The lowest BCUT2D eigenvalue weighted by atomic mass is 9.77. The molecule has 1 aromatic carbocycles. The Kier molecular flexibility index (Phi) is 5.07. The summed E-state index contributed by atoms with van der Waals surface area (Å²) in [6.45, 7) is 3.56. The maximum atomic E-state index is 12.8. The van der Waals surface area contributed by atoms with Crippen LogP contribution in [0.4, 0.5) is 5.69 Å². The summed E-state index contributed by atoms with van der Waals surface area (Å²) in [5.74, 6) is -0.461. The number of amides is 2. The molecule has 130 valence electrons. The van der Waals surface area contributed by atoms with Crippen LogP contribution in [0.1, 0.15) is 44.1 Å². The summed E-state index contributed by atoms with van der Waals surface area (Å²) in [4.78, 5) is 27.5. The van der Waals surface area contributed by atoms with Gasteiger partial charge in [-0.3, -0.25) is 9.59 Å². The number of likely N-dealkylation sites (tertiary alicyclic amines) is 1. The van der Waals surface area contributed by atoms with Crippen LogP contribution in [0.15, 0.2) is 18.2 Å². The molecule has 2 N–H and O–H groups in total. The van der Waals surface area contributed by atoms with Crippen LogP contribution in [0.5, 0.6) is 5.75 Å². The van der Waals surface area contributed by atoms with Crippen molar-refractivity contribution in [1.82, 2.24) is 4.90 Å². The topological polar surface area (TPSA) is 69.6 Å². The molecule has 3 rings (SSSR count). The maximum Gasteiger partial charge on any atom is 0.228 e. The number of anilines is 1. The van der Waals surface area contributed by atoms with Gasteiger partial charge in [0.25, 0.3) is 0 Å². The summed E-state index contributed by atoms with van der Waals surface area (Å²) in [5.41, 5.74) is 1.40. The van der Waals surface area contributed by atoms with E-state index in [2.05, 4.69) is 5.32 Å². The number of aryl methyl sites for hydroxylation is 1. The predicted molar refractivity (Wildman–Crippen MR) is 92.7 cm³/mol. The standard InChI is InChI=1S/C19H26N2O3/c1-13-8-9-17(22)16(12-13)20-18(23)14-6-2-3-7-15(14)19(24)21-10-4-5-11-21/h8-9,12,14-15,22H,2-7,10-11H2,1H3,(H,20,23)/t14-,15+/m1/s1. The number of carbonyl (C=O) groups excluding carboxylic acids is 2. The molecule has 1 aliphatic carbocycles. The molecule has 0 spiro atoms. The fourth-order valence-electron chi connectivity index (χ4n) is 3.89. The van der Waals surface area contributed by atoms with E-state index in [0.29, 0.717) is 5.69 Å². The molecule has 2 atom stereocenters. The van der Waals surface area contributed by atoms with Crippen LogP contribution in [0, 0.1) is 18.8 Å². The number of phenolic OH excluding ortho intramolecular Hbond substituents is 1. The van der Waals surface area contributed by atoms with Crippen LogP contribution in [-0.2, 0) is 9.59 Å². The number of phenols is 1. The Morgan fingerprint density at radius 3 is 2.46 bits per heavy atom. The molecular formula is C19H26N2O3. The van der Waals surface area contributed by atoms with E-state index in [-0.39, 0.29) is 29.4 Å². The van der Waals surface area contributed by atoms with E-state index in [1.54, 1.807) is 18.2 Å². The summed E-state index contributed by atoms with van der Waals surface area (Å²) >= 11 is 0. The van der Waals surface area contributed by atoms with E-state index >= 15 is 0 Å². The highest BCUT2D eigenvalue weighted by Gasteiger charge is 2.38. The maximum absolute atomic E-state index is 12.8. The van der Waals surface area contributed by atoms with Crippen LogP contribution in [-0.4, -0.2) is 34.9 Å². The highest BCUT2D eigenvalue weighted by molar-refractivity contribution is 5.97. The first-order chi connectivity index (χ1) is 11.6. The minimum absolute atomic E-state index is 0.0622. The smallest absolute Gasteiger partial charge is 0.228 e. The third-order valence-corrected chi connectivity index (χ3v) is 5.25. The second-order valence-electron chi connectivity index (χ2n) is 7.04. The normalized spacial score (nSPS) is 24.0. The average molecular weight is 330 g/mol. The molecule has 0 bridgehead atoms. The van der Waals surface area contributed by atoms with Gasteiger partial charge in [0.1, 0.15) is 5.75 Å². The number of aromatic hydroxyl groups is 1. The van der Waals surface area contributed by atoms with E-state index in [0.717, 1.165) is 57.2 Å². The van der Waals surface area contributed by atoms with Gasteiger partial charge in [-0.25, -0.2) is 0 Å². The first-order valence-electron chi connectivity index (χ1n) is 8.95. The molecule has 5 heteroatoms. The fraction of sp³-hybridized carbons (Fsp3) is 0.579. The molecule has 2 amide bonds. The van der Waals surface area contributed by atoms with Crippen LogP contribution >= 0.6 is 0 Å². The minimum atomic E-state index is -0.299. The Labute approximate surface area is 143 Å². The third kappa shape index (κ3) is 3.55. The first kappa shape index (κ1) is 16.8. The van der Waals surface area contributed by atoms with E-state index in [1.807, 2.05) is 11.8 Å². The van der Waals surface area contributed by atoms with Crippen molar-refractivity contribution in [2.45, 2.75) is 45.4 Å². The SMILES string of the molecule is Cc1ccc(O)c(NC(=O)[C@@H]2CCCC[C@@H]2C(=O)N2CCCC2)c1. The van der Waals surface area contributed by atoms with Crippen molar-refractivity contribution in [3.63, 3.8) is 0 Å². The van der Waals surface area contributed by atoms with Crippen molar-refractivity contribution >= 4 is 17.5 Å². The number of rotatable bonds is 3. The van der Waals surface area contributed by atoms with Gasteiger partial charge >= 0.3 is 0 Å². The van der Waals surface area contributed by atoms with Gasteiger partial charge in [0.05, 0.1) is 5.69 Å². The summed E-state index contributed by atoms with van der Waals surface area (Å²) < 4.78 is 0. The van der Waals surface area contributed by atoms with Gasteiger partial charge in [0, 0.05) is 24.9 Å². The number of nitrogens with one attached hydrogen (secondary N) is 1. The third-order valence-electron chi connectivity index (χ3n) is 5.25.